The first-order chi connectivity index (χ1) is 15.5. The summed E-state index contributed by atoms with van der Waals surface area (Å²) in [5.41, 5.74) is -1.76. The second-order valence-electron chi connectivity index (χ2n) is 8.45. The maximum atomic E-state index is 12.9. The van der Waals surface area contributed by atoms with Gasteiger partial charge in [0.15, 0.2) is 11.5 Å². The fourth-order valence-electron chi connectivity index (χ4n) is 3.12. The van der Waals surface area contributed by atoms with Crippen LogP contribution in [0.15, 0.2) is 48.5 Å². The lowest BCUT2D eigenvalue weighted by Crippen LogP contribution is -2.58. The van der Waals surface area contributed by atoms with E-state index >= 15 is 0 Å². The van der Waals surface area contributed by atoms with E-state index in [0.717, 1.165) is 7.11 Å². The molecule has 9 heteroatoms. The number of hydrogen-bond acceptors (Lipinski definition) is 8. The summed E-state index contributed by atoms with van der Waals surface area (Å²) in [4.78, 5) is 37.8. The molecule has 0 aliphatic rings. The molecule has 0 aliphatic carbocycles. The molecule has 33 heavy (non-hydrogen) atoms. The van der Waals surface area contributed by atoms with Gasteiger partial charge in [0.2, 0.25) is 0 Å². The fourth-order valence-corrected chi connectivity index (χ4v) is 3.12. The zero-order chi connectivity index (χ0) is 24.6. The molecule has 0 aromatic heterocycles. The van der Waals surface area contributed by atoms with Gasteiger partial charge in [-0.05, 0) is 50.6 Å². The van der Waals surface area contributed by atoms with Gasteiger partial charge in [0.05, 0.1) is 19.3 Å². The molecule has 2 aromatic carbocycles. The van der Waals surface area contributed by atoms with Gasteiger partial charge in [-0.3, -0.25) is 0 Å². The normalized spacial score (nSPS) is 12.8. The number of ether oxygens (including phenoxy) is 3. The average molecular weight is 459 g/mol. The molecule has 0 bridgehead atoms. The molecule has 0 spiro atoms. The van der Waals surface area contributed by atoms with Gasteiger partial charge in [0.1, 0.15) is 11.1 Å². The lowest BCUT2D eigenvalue weighted by molar-refractivity contribution is -0.149. The summed E-state index contributed by atoms with van der Waals surface area (Å²) in [6.07, 6.45) is -1.14. The van der Waals surface area contributed by atoms with Crippen LogP contribution in [0, 0.1) is 0 Å². The van der Waals surface area contributed by atoms with Gasteiger partial charge >= 0.3 is 18.0 Å². The minimum absolute atomic E-state index is 0.129. The van der Waals surface area contributed by atoms with Crippen molar-refractivity contribution in [2.75, 3.05) is 13.7 Å². The van der Waals surface area contributed by atoms with Crippen LogP contribution in [0.4, 0.5) is 4.79 Å². The highest BCUT2D eigenvalue weighted by molar-refractivity contribution is 5.89. The fraction of sp³-hybridized carbons (Fsp3) is 0.375. The third kappa shape index (κ3) is 7.41. The number of hydrogen-bond donors (Lipinski definition) is 3. The number of rotatable bonds is 8. The van der Waals surface area contributed by atoms with Gasteiger partial charge < -0.3 is 29.7 Å². The van der Waals surface area contributed by atoms with Crippen LogP contribution in [0.1, 0.15) is 43.1 Å². The summed E-state index contributed by atoms with van der Waals surface area (Å²) in [5.74, 6) is -2.11. The van der Waals surface area contributed by atoms with Crippen molar-refractivity contribution in [2.24, 2.45) is 0 Å². The number of carbonyl (C=O) groups excluding carboxylic acids is 3. The molecule has 0 fully saturated rings. The van der Waals surface area contributed by atoms with Crippen molar-refractivity contribution in [3.05, 3.63) is 59.7 Å². The second-order valence-corrected chi connectivity index (χ2v) is 8.45. The second kappa shape index (κ2) is 10.7. The standard InChI is InChI=1S/C24H29NO8/c1-23(2,3)33-22(30)25-24(21(29)31-4,15-16-10-11-18(26)19(27)14-16)12-13-32-20(28)17-8-6-5-7-9-17/h5-11,14,26-27H,12-13,15H2,1-4H3,(H,25,30)/t24-/m1/s1. The Morgan fingerprint density at radius 2 is 1.64 bits per heavy atom. The molecular formula is C24H29NO8. The van der Waals surface area contributed by atoms with Gasteiger partial charge in [0, 0.05) is 12.8 Å². The number of phenols is 2. The van der Waals surface area contributed by atoms with Crippen LogP contribution in [-0.2, 0) is 25.4 Å². The summed E-state index contributed by atoms with van der Waals surface area (Å²) in [6.45, 7) is 4.80. The Labute approximate surface area is 192 Å². The quantitative estimate of drug-likeness (QED) is 0.311. The Bertz CT molecular complexity index is 984. The maximum absolute atomic E-state index is 12.9. The SMILES string of the molecule is COC(=O)[C@@](CCOC(=O)c1ccccc1)(Cc1ccc(O)c(O)c1)NC(=O)OC(C)(C)C. The average Bonchev–Trinajstić information content (AvgIpc) is 2.74. The van der Waals surface area contributed by atoms with Crippen molar-refractivity contribution in [2.45, 2.75) is 44.8 Å². The molecule has 3 N–H and O–H groups in total. The van der Waals surface area contributed by atoms with Crippen LogP contribution >= 0.6 is 0 Å². The zero-order valence-corrected chi connectivity index (χ0v) is 19.1. The van der Waals surface area contributed by atoms with Gasteiger partial charge in [-0.2, -0.15) is 0 Å². The smallest absolute Gasteiger partial charge is 0.408 e. The summed E-state index contributed by atoms with van der Waals surface area (Å²) in [5, 5.41) is 22.0. The molecular weight excluding hydrogens is 430 g/mol. The van der Waals surface area contributed by atoms with E-state index in [1.165, 1.54) is 18.2 Å². The Kier molecular flexibility index (Phi) is 8.28. The molecule has 9 nitrogen and oxygen atoms in total. The minimum Gasteiger partial charge on any atom is -0.504 e. The summed E-state index contributed by atoms with van der Waals surface area (Å²) >= 11 is 0. The molecule has 1 amide bonds. The topological polar surface area (TPSA) is 131 Å². The third-order valence-electron chi connectivity index (χ3n) is 4.63. The summed E-state index contributed by atoms with van der Waals surface area (Å²) < 4.78 is 15.6. The predicted octanol–water partition coefficient (Wildman–Crippen LogP) is 3.32. The van der Waals surface area contributed by atoms with Gasteiger partial charge in [-0.15, -0.1) is 0 Å². The first kappa shape index (κ1) is 25.5. The Morgan fingerprint density at radius 3 is 2.21 bits per heavy atom. The van der Waals surface area contributed by atoms with E-state index in [-0.39, 0.29) is 30.9 Å². The number of esters is 2. The van der Waals surface area contributed by atoms with Gasteiger partial charge in [-0.1, -0.05) is 24.3 Å². The number of aromatic hydroxyl groups is 2. The first-order valence-electron chi connectivity index (χ1n) is 10.3. The lowest BCUT2D eigenvalue weighted by Gasteiger charge is -2.33. The van der Waals surface area contributed by atoms with Gasteiger partial charge in [-0.25, -0.2) is 14.4 Å². The molecule has 2 aromatic rings. The Morgan fingerprint density at radius 1 is 0.970 bits per heavy atom. The molecule has 1 atom stereocenters. The highest BCUT2D eigenvalue weighted by Crippen LogP contribution is 2.29. The van der Waals surface area contributed by atoms with Crippen LogP contribution in [0.3, 0.4) is 0 Å². The maximum Gasteiger partial charge on any atom is 0.408 e. The van der Waals surface area contributed by atoms with E-state index in [1.54, 1.807) is 51.1 Å². The predicted molar refractivity (Wildman–Crippen MR) is 119 cm³/mol. The largest absolute Gasteiger partial charge is 0.504 e. The van der Waals surface area contributed by atoms with E-state index < -0.39 is 29.2 Å². The zero-order valence-electron chi connectivity index (χ0n) is 19.1. The van der Waals surface area contributed by atoms with Crippen molar-refractivity contribution in [1.82, 2.24) is 5.32 Å². The third-order valence-corrected chi connectivity index (χ3v) is 4.63. The highest BCUT2D eigenvalue weighted by Gasteiger charge is 2.43. The lowest BCUT2D eigenvalue weighted by atomic mass is 9.87. The highest BCUT2D eigenvalue weighted by atomic mass is 16.6. The van der Waals surface area contributed by atoms with Gasteiger partial charge in [0.25, 0.3) is 0 Å². The number of carbonyl (C=O) groups is 3. The molecule has 0 radical (unpaired) electrons. The Balaban J connectivity index is 2.31. The van der Waals surface area contributed by atoms with E-state index in [2.05, 4.69) is 5.32 Å². The number of phenolic OH excluding ortho intramolecular Hbond substituents is 2. The van der Waals surface area contributed by atoms with Crippen molar-refractivity contribution >= 4 is 18.0 Å². The van der Waals surface area contributed by atoms with Crippen LogP contribution in [0.25, 0.3) is 0 Å². The molecule has 178 valence electrons. The van der Waals surface area contributed by atoms with Crippen molar-refractivity contribution < 1.29 is 38.8 Å². The molecule has 0 saturated heterocycles. The summed E-state index contributed by atoms with van der Waals surface area (Å²) in [7, 11) is 1.16. The number of nitrogens with one attached hydrogen (secondary N) is 1. The van der Waals surface area contributed by atoms with Crippen molar-refractivity contribution in [1.29, 1.82) is 0 Å². The van der Waals surface area contributed by atoms with E-state index in [4.69, 9.17) is 14.2 Å². The van der Waals surface area contributed by atoms with Crippen LogP contribution in [-0.4, -0.2) is 53.1 Å². The van der Waals surface area contributed by atoms with Crippen molar-refractivity contribution in [3.8, 4) is 11.5 Å². The minimum atomic E-state index is -1.68. The number of methoxy groups -OCH3 is 1. The molecule has 2 rings (SSSR count). The number of benzene rings is 2. The number of amides is 1. The monoisotopic (exact) mass is 459 g/mol. The molecule has 0 saturated carbocycles. The number of alkyl carbamates (subject to hydrolysis) is 1. The first-order valence-corrected chi connectivity index (χ1v) is 10.3. The van der Waals surface area contributed by atoms with E-state index in [0.29, 0.717) is 11.1 Å². The van der Waals surface area contributed by atoms with Crippen LogP contribution in [0.2, 0.25) is 0 Å². The van der Waals surface area contributed by atoms with Crippen LogP contribution in [0.5, 0.6) is 11.5 Å². The van der Waals surface area contributed by atoms with E-state index in [1.807, 2.05) is 0 Å². The van der Waals surface area contributed by atoms with Crippen molar-refractivity contribution in [3.63, 3.8) is 0 Å². The van der Waals surface area contributed by atoms with Crippen LogP contribution < -0.4 is 5.32 Å². The Hall–Kier alpha value is -3.75. The molecule has 0 heterocycles. The molecule has 0 aliphatic heterocycles. The molecule has 0 unspecified atom stereocenters. The summed E-state index contributed by atoms with van der Waals surface area (Å²) in [6, 6.07) is 12.3. The van der Waals surface area contributed by atoms with E-state index in [9.17, 15) is 24.6 Å².